The Morgan fingerprint density at radius 3 is 0.574 bits per heavy atom. The molecule has 0 heteroatoms. The summed E-state index contributed by atoms with van der Waals surface area (Å²) in [4.78, 5) is 0. The van der Waals surface area contributed by atoms with E-state index in [9.17, 15) is 0 Å². The van der Waals surface area contributed by atoms with E-state index >= 15 is 0 Å². The number of rotatable bonds is 44. The molecule has 8 saturated carbocycles. The standard InChI is InChI=1S/C17H30.C16H28.C15H26.C14H24.C13H22.C12H20.C11H18.C10H16/c1-4-7-8-9-10-11-12-17-14-15(5-2)13-16(17)6-3;1-4-7-8-9-10-11-16-13-14(5-2)12-15(16)6-3;1-4-7-8-9-10-15-12-13(5-2)11-14(15)6-3;1-4-7-8-9-14-11-12(5-2)10-13(14)6-3;1-4-7-8-13-10-11(5-2)9-12(13)6-3;1-4-7-12-9-10(5-2)8-11(12)6-3;1-4-9-7-10(5-2)11(6-3)8-9;1-4-9-6-8(3)10(5-2)7-9/h5-6,15-17H,2-4,7-14H2,1H3;5-6,14-16H,2-4,7-13H2,1H3;5-6,13-15H,2-4,7-12H2,1H3;5-6,12-14H,2-4,7-11H2,1H3;5-6,11-13H,2-4,7-10H2,1H3;5-6,10-12H,2-4,7-9H2,1H3;4-5,9-11H,1-2,6-8H2,3H3;4-5,8-10H,1-2,6-7H2,3H3. The molecule has 0 aliphatic heterocycles. The second-order valence-electron chi connectivity index (χ2n) is 35.7. The molecular weight excluding hydrogens is 1300 g/mol. The van der Waals surface area contributed by atoms with E-state index in [-0.39, 0.29) is 0 Å². The Morgan fingerprint density at radius 1 is 0.176 bits per heavy atom. The Kier molecular flexibility index (Phi) is 61.5. The highest BCUT2D eigenvalue weighted by atomic mass is 14.4. The van der Waals surface area contributed by atoms with Crippen LogP contribution in [0.25, 0.3) is 0 Å². The third-order valence-electron chi connectivity index (χ3n) is 27.9. The molecule has 8 aliphatic rings. The van der Waals surface area contributed by atoms with E-state index in [1.54, 1.807) is 0 Å². The Balaban J connectivity index is 0.000000620. The molecule has 0 spiro atoms. The Labute approximate surface area is 678 Å². The van der Waals surface area contributed by atoms with Crippen molar-refractivity contribution in [2.45, 2.75) is 338 Å². The van der Waals surface area contributed by atoms with Crippen molar-refractivity contribution in [1.82, 2.24) is 0 Å². The molecule has 24 unspecified atom stereocenters. The van der Waals surface area contributed by atoms with E-state index in [0.29, 0.717) is 0 Å². The first-order valence-electron chi connectivity index (χ1n) is 46.5. The van der Waals surface area contributed by atoms with Crippen molar-refractivity contribution in [1.29, 1.82) is 0 Å². The van der Waals surface area contributed by atoms with Crippen molar-refractivity contribution < 1.29 is 0 Å². The Hall–Kier alpha value is -4.16. The quantitative estimate of drug-likeness (QED) is 0.0421. The molecule has 0 aromatic rings. The van der Waals surface area contributed by atoms with Gasteiger partial charge in [0, 0.05) is 0 Å². The maximum absolute atomic E-state index is 4.00. The van der Waals surface area contributed by atoms with Gasteiger partial charge in [-0.05, 0) is 277 Å². The molecule has 0 nitrogen and oxygen atoms in total. The van der Waals surface area contributed by atoms with Gasteiger partial charge < -0.3 is 0 Å². The van der Waals surface area contributed by atoms with Gasteiger partial charge in [-0.3, -0.25) is 0 Å². The van der Waals surface area contributed by atoms with Crippen LogP contribution in [0.1, 0.15) is 338 Å². The monoisotopic (exact) mass is 1480 g/mol. The molecule has 0 heterocycles. The van der Waals surface area contributed by atoms with E-state index in [4.69, 9.17) is 0 Å². The van der Waals surface area contributed by atoms with Gasteiger partial charge in [0.25, 0.3) is 0 Å². The minimum Gasteiger partial charge on any atom is -0.103 e. The van der Waals surface area contributed by atoms with Gasteiger partial charge in [-0.15, -0.1) is 105 Å². The van der Waals surface area contributed by atoms with Crippen LogP contribution in [0.2, 0.25) is 0 Å². The first-order valence-corrected chi connectivity index (χ1v) is 46.5. The predicted octanol–water partition coefficient (Wildman–Crippen LogP) is 35.1. The lowest BCUT2D eigenvalue weighted by Gasteiger charge is -2.15. The van der Waals surface area contributed by atoms with Crippen LogP contribution in [-0.2, 0) is 0 Å². The second kappa shape index (κ2) is 65.3. The Bertz CT molecular complexity index is 2380. The summed E-state index contributed by atoms with van der Waals surface area (Å²) in [5.74, 6) is 19.1. The summed E-state index contributed by atoms with van der Waals surface area (Å²) < 4.78 is 0. The van der Waals surface area contributed by atoms with Crippen LogP contribution in [0, 0.1) is 142 Å². The first kappa shape index (κ1) is 102. The van der Waals surface area contributed by atoms with Crippen LogP contribution in [0.3, 0.4) is 0 Å². The van der Waals surface area contributed by atoms with Crippen LogP contribution in [0.4, 0.5) is 0 Å². The average Bonchev–Trinajstić information content (AvgIpc) is 1.75. The largest absolute Gasteiger partial charge is 0.103 e. The minimum absolute atomic E-state index is 0.739. The summed E-state index contributed by atoms with van der Waals surface area (Å²) in [5, 5.41) is 0. The Morgan fingerprint density at radius 2 is 0.361 bits per heavy atom. The van der Waals surface area contributed by atoms with Gasteiger partial charge in [0.15, 0.2) is 0 Å². The van der Waals surface area contributed by atoms with Crippen LogP contribution >= 0.6 is 0 Å². The van der Waals surface area contributed by atoms with Gasteiger partial charge in [-0.2, -0.15) is 0 Å². The fraction of sp³-hybridized carbons (Fsp3) is 0.704. The van der Waals surface area contributed by atoms with Crippen LogP contribution in [0.15, 0.2) is 202 Å². The van der Waals surface area contributed by atoms with E-state index < -0.39 is 0 Å². The van der Waals surface area contributed by atoms with Crippen molar-refractivity contribution in [3.63, 3.8) is 0 Å². The number of allylic oxidation sites excluding steroid dienone is 16. The van der Waals surface area contributed by atoms with Crippen LogP contribution in [0.5, 0.6) is 0 Å². The summed E-state index contributed by atoms with van der Waals surface area (Å²) in [6, 6.07) is 0. The predicted molar refractivity (Wildman–Crippen MR) is 495 cm³/mol. The third kappa shape index (κ3) is 41.0. The molecule has 0 N–H and O–H groups in total. The highest BCUT2D eigenvalue weighted by Gasteiger charge is 2.36. The van der Waals surface area contributed by atoms with Gasteiger partial charge in [0.2, 0.25) is 0 Å². The highest BCUT2D eigenvalue weighted by Crippen LogP contribution is 2.46. The van der Waals surface area contributed by atoms with Crippen LogP contribution in [-0.4, -0.2) is 0 Å². The van der Waals surface area contributed by atoms with E-state index in [0.717, 1.165) is 142 Å². The molecule has 616 valence electrons. The lowest BCUT2D eigenvalue weighted by Crippen LogP contribution is -2.04. The molecule has 24 atom stereocenters. The number of hydrogen-bond donors (Lipinski definition) is 0. The molecule has 0 saturated heterocycles. The molecule has 8 fully saturated rings. The summed E-state index contributed by atoms with van der Waals surface area (Å²) in [6.45, 7) is 80.8. The van der Waals surface area contributed by atoms with Crippen molar-refractivity contribution in [2.24, 2.45) is 142 Å². The molecule has 8 rings (SSSR count). The van der Waals surface area contributed by atoms with Gasteiger partial charge in [-0.25, -0.2) is 0 Å². The van der Waals surface area contributed by atoms with Crippen molar-refractivity contribution in [3.05, 3.63) is 202 Å². The zero-order valence-electron chi connectivity index (χ0n) is 73.5. The molecule has 0 aromatic carbocycles. The second-order valence-corrected chi connectivity index (χ2v) is 35.7. The number of unbranched alkanes of at least 4 members (excludes halogenated alkanes) is 15. The molecule has 8 aliphatic carbocycles. The van der Waals surface area contributed by atoms with E-state index in [1.807, 2.05) is 0 Å². The molecule has 0 aromatic heterocycles. The lowest BCUT2D eigenvalue weighted by atomic mass is 9.90. The molecule has 0 radical (unpaired) electrons. The SMILES string of the molecule is C=CC1CC(C)C(C=C)C1.C=CC1CC(C=C)C(CC)C1.C=CC1CC(C=C)C(CCC)C1.C=CC1CC(C=C)C(CCCC)C1.C=CC1CC(C=C)C(CCCCC)C1.C=CC1CC(C=C)C(CCCCCC)C1.C=CC1CC(C=C)C(CCCCCCC)C1.C=CC1CC(C=C)C(CCCCCCCC)C1. The fourth-order valence-electron chi connectivity index (χ4n) is 20.6. The summed E-state index contributed by atoms with van der Waals surface area (Å²) in [5.41, 5.74) is 0. The maximum Gasteiger partial charge on any atom is -0.0202 e. The maximum atomic E-state index is 4.00. The van der Waals surface area contributed by atoms with E-state index in [2.05, 4.69) is 258 Å². The molecular formula is C108H184. The van der Waals surface area contributed by atoms with Gasteiger partial charge in [-0.1, -0.05) is 300 Å². The van der Waals surface area contributed by atoms with Gasteiger partial charge in [0.1, 0.15) is 0 Å². The smallest absolute Gasteiger partial charge is 0.0202 e. The minimum atomic E-state index is 0.739. The zero-order valence-corrected chi connectivity index (χ0v) is 73.5. The summed E-state index contributed by atoms with van der Waals surface area (Å²) in [6.07, 6.45) is 94.1. The zero-order chi connectivity index (χ0) is 80.3. The van der Waals surface area contributed by atoms with Crippen molar-refractivity contribution >= 4 is 0 Å². The average molecular weight is 1480 g/mol. The van der Waals surface area contributed by atoms with Crippen molar-refractivity contribution in [2.75, 3.05) is 0 Å². The fourth-order valence-corrected chi connectivity index (χ4v) is 20.6. The van der Waals surface area contributed by atoms with E-state index in [1.165, 1.54) is 283 Å². The topological polar surface area (TPSA) is 0 Å². The van der Waals surface area contributed by atoms with Gasteiger partial charge in [0.05, 0.1) is 0 Å². The third-order valence-corrected chi connectivity index (χ3v) is 27.9. The molecule has 0 amide bonds. The summed E-state index contributed by atoms with van der Waals surface area (Å²) >= 11 is 0. The molecule has 0 bridgehead atoms. The van der Waals surface area contributed by atoms with Crippen LogP contribution < -0.4 is 0 Å². The normalized spacial score (nSPS) is 32.4. The summed E-state index contributed by atoms with van der Waals surface area (Å²) in [7, 11) is 0. The van der Waals surface area contributed by atoms with Gasteiger partial charge >= 0.3 is 0 Å². The number of hydrogen-bond acceptors (Lipinski definition) is 0. The first-order chi connectivity index (χ1) is 52.5. The molecule has 108 heavy (non-hydrogen) atoms. The lowest BCUT2D eigenvalue weighted by molar-refractivity contribution is 0.401. The van der Waals surface area contributed by atoms with Crippen molar-refractivity contribution in [3.8, 4) is 0 Å². The highest BCUT2D eigenvalue weighted by molar-refractivity contribution is 5.04.